The third-order valence-corrected chi connectivity index (χ3v) is 1.34. The Morgan fingerprint density at radius 2 is 1.91 bits per heavy atom. The van der Waals surface area contributed by atoms with Crippen molar-refractivity contribution in [2.75, 3.05) is 0 Å². The van der Waals surface area contributed by atoms with Gasteiger partial charge in [0.25, 0.3) is 0 Å². The maximum absolute atomic E-state index is 5.48. The quantitative estimate of drug-likeness (QED) is 0.628. The summed E-state index contributed by atoms with van der Waals surface area (Å²) in [6, 6.07) is 7.78. The molecule has 0 amide bonds. The van der Waals surface area contributed by atoms with E-state index < -0.39 is 0 Å². The van der Waals surface area contributed by atoms with E-state index in [1.54, 1.807) is 0 Å². The molecule has 0 heterocycles. The molecular weight excluding hydrogens is 136 g/mol. The number of ether oxygens (including phenoxy) is 1. The predicted molar refractivity (Wildman–Crippen MR) is 46.7 cm³/mol. The molecule has 0 aliphatic rings. The van der Waals surface area contributed by atoms with Crippen molar-refractivity contribution in [3.8, 4) is 5.75 Å². The molecule has 1 aromatic carbocycles. The Kier molecular flexibility index (Phi) is 2.53. The Morgan fingerprint density at radius 3 is 2.45 bits per heavy atom. The van der Waals surface area contributed by atoms with Crippen molar-refractivity contribution >= 4 is 0 Å². The standard InChI is InChI=1S/C10H13O/c1-8(2)11-10-7-5-4-6-9(10)3/h4-8H,3H2,1-2H3. The van der Waals surface area contributed by atoms with Crippen molar-refractivity contribution in [1.29, 1.82) is 0 Å². The molecule has 0 atom stereocenters. The smallest absolute Gasteiger partial charge is 0.122 e. The third-order valence-electron chi connectivity index (χ3n) is 1.34. The van der Waals surface area contributed by atoms with E-state index in [1.165, 1.54) is 0 Å². The molecule has 0 bridgehead atoms. The fraction of sp³-hybridized carbons (Fsp3) is 0.300. The Morgan fingerprint density at radius 1 is 1.27 bits per heavy atom. The molecule has 1 rings (SSSR count). The highest BCUT2D eigenvalue weighted by Gasteiger charge is 1.98. The van der Waals surface area contributed by atoms with Crippen molar-refractivity contribution in [1.82, 2.24) is 0 Å². The van der Waals surface area contributed by atoms with Gasteiger partial charge >= 0.3 is 0 Å². The van der Waals surface area contributed by atoms with Gasteiger partial charge in [0.1, 0.15) is 5.75 Å². The van der Waals surface area contributed by atoms with Crippen LogP contribution in [0.5, 0.6) is 5.75 Å². The zero-order valence-electron chi connectivity index (χ0n) is 7.00. The third kappa shape index (κ3) is 2.26. The summed E-state index contributed by atoms with van der Waals surface area (Å²) < 4.78 is 5.48. The monoisotopic (exact) mass is 149 g/mol. The van der Waals surface area contributed by atoms with E-state index in [1.807, 2.05) is 38.1 Å². The SMILES string of the molecule is [CH2]c1ccccc1OC(C)C. The first-order valence-electron chi connectivity index (χ1n) is 3.78. The van der Waals surface area contributed by atoms with Crippen molar-refractivity contribution in [2.45, 2.75) is 20.0 Å². The van der Waals surface area contributed by atoms with Crippen LogP contribution in [-0.4, -0.2) is 6.10 Å². The summed E-state index contributed by atoms with van der Waals surface area (Å²) in [5.74, 6) is 0.877. The van der Waals surface area contributed by atoms with E-state index >= 15 is 0 Å². The molecule has 0 unspecified atom stereocenters. The zero-order chi connectivity index (χ0) is 8.27. The van der Waals surface area contributed by atoms with Gasteiger partial charge in [0, 0.05) is 0 Å². The summed E-state index contributed by atoms with van der Waals surface area (Å²) in [5.41, 5.74) is 0.946. The normalized spacial score (nSPS) is 10.2. The molecule has 0 aliphatic carbocycles. The minimum atomic E-state index is 0.220. The molecule has 1 radical (unpaired) electrons. The molecule has 0 saturated carbocycles. The first-order valence-corrected chi connectivity index (χ1v) is 3.78. The van der Waals surface area contributed by atoms with Gasteiger partial charge in [0.2, 0.25) is 0 Å². The summed E-state index contributed by atoms with van der Waals surface area (Å²) in [5, 5.41) is 0. The summed E-state index contributed by atoms with van der Waals surface area (Å²) in [7, 11) is 0. The molecule has 0 spiro atoms. The lowest BCUT2D eigenvalue weighted by atomic mass is 10.2. The molecule has 1 heteroatoms. The Labute approximate surface area is 68.0 Å². The average Bonchev–Trinajstić information content (AvgIpc) is 1.93. The fourth-order valence-electron chi connectivity index (χ4n) is 0.873. The lowest BCUT2D eigenvalue weighted by Crippen LogP contribution is -2.06. The molecule has 0 fully saturated rings. The van der Waals surface area contributed by atoms with E-state index in [0.717, 1.165) is 11.3 Å². The molecule has 1 aromatic rings. The van der Waals surface area contributed by atoms with Crippen LogP contribution in [-0.2, 0) is 0 Å². The molecule has 1 nitrogen and oxygen atoms in total. The van der Waals surface area contributed by atoms with Crippen LogP contribution in [0.4, 0.5) is 0 Å². The summed E-state index contributed by atoms with van der Waals surface area (Å²) in [6.45, 7) is 7.86. The fourth-order valence-corrected chi connectivity index (χ4v) is 0.873. The maximum Gasteiger partial charge on any atom is 0.122 e. The largest absolute Gasteiger partial charge is 0.491 e. The van der Waals surface area contributed by atoms with Gasteiger partial charge in [-0.05, 0) is 32.4 Å². The van der Waals surface area contributed by atoms with Gasteiger partial charge in [-0.2, -0.15) is 0 Å². The van der Waals surface area contributed by atoms with Crippen molar-refractivity contribution in [3.63, 3.8) is 0 Å². The summed E-state index contributed by atoms with van der Waals surface area (Å²) >= 11 is 0. The molecule has 0 saturated heterocycles. The van der Waals surface area contributed by atoms with Gasteiger partial charge in [-0.15, -0.1) is 0 Å². The maximum atomic E-state index is 5.48. The second kappa shape index (κ2) is 3.42. The number of benzene rings is 1. The second-order valence-electron chi connectivity index (χ2n) is 2.77. The lowest BCUT2D eigenvalue weighted by molar-refractivity contribution is 0.241. The van der Waals surface area contributed by atoms with Gasteiger partial charge < -0.3 is 4.74 Å². The number of para-hydroxylation sites is 1. The van der Waals surface area contributed by atoms with Crippen LogP contribution in [0.25, 0.3) is 0 Å². The van der Waals surface area contributed by atoms with Crippen molar-refractivity contribution in [2.24, 2.45) is 0 Å². The molecule has 59 valence electrons. The highest BCUT2D eigenvalue weighted by atomic mass is 16.5. The van der Waals surface area contributed by atoms with E-state index in [4.69, 9.17) is 4.74 Å². The minimum Gasteiger partial charge on any atom is -0.491 e. The molecule has 0 aliphatic heterocycles. The Bertz CT molecular complexity index is 228. The molecule has 11 heavy (non-hydrogen) atoms. The van der Waals surface area contributed by atoms with Crippen molar-refractivity contribution in [3.05, 3.63) is 36.8 Å². The average molecular weight is 149 g/mol. The van der Waals surface area contributed by atoms with E-state index in [0.29, 0.717) is 0 Å². The Balaban J connectivity index is 2.78. The van der Waals surface area contributed by atoms with Gasteiger partial charge in [-0.25, -0.2) is 0 Å². The zero-order valence-corrected chi connectivity index (χ0v) is 7.00. The van der Waals surface area contributed by atoms with Crippen LogP contribution >= 0.6 is 0 Å². The topological polar surface area (TPSA) is 9.23 Å². The predicted octanol–water partition coefficient (Wildman–Crippen LogP) is 2.66. The van der Waals surface area contributed by atoms with Crippen LogP contribution in [0.2, 0.25) is 0 Å². The minimum absolute atomic E-state index is 0.220. The summed E-state index contributed by atoms with van der Waals surface area (Å²) in [6.07, 6.45) is 0.220. The first-order chi connectivity index (χ1) is 5.20. The number of hydrogen-bond donors (Lipinski definition) is 0. The van der Waals surface area contributed by atoms with Gasteiger partial charge in [0.05, 0.1) is 6.10 Å². The van der Waals surface area contributed by atoms with Gasteiger partial charge in [-0.1, -0.05) is 18.2 Å². The van der Waals surface area contributed by atoms with Crippen LogP contribution in [0.3, 0.4) is 0 Å². The van der Waals surface area contributed by atoms with E-state index in [9.17, 15) is 0 Å². The second-order valence-corrected chi connectivity index (χ2v) is 2.77. The van der Waals surface area contributed by atoms with Crippen LogP contribution in [0.15, 0.2) is 24.3 Å². The highest BCUT2D eigenvalue weighted by molar-refractivity contribution is 5.35. The first kappa shape index (κ1) is 8.12. The van der Waals surface area contributed by atoms with Gasteiger partial charge in [0.15, 0.2) is 0 Å². The lowest BCUT2D eigenvalue weighted by Gasteiger charge is -2.11. The summed E-state index contributed by atoms with van der Waals surface area (Å²) in [4.78, 5) is 0. The Hall–Kier alpha value is -0.980. The van der Waals surface area contributed by atoms with Crippen molar-refractivity contribution < 1.29 is 4.74 Å². The van der Waals surface area contributed by atoms with Crippen LogP contribution in [0.1, 0.15) is 19.4 Å². The molecular formula is C10H13O. The molecule has 0 aromatic heterocycles. The highest BCUT2D eigenvalue weighted by Crippen LogP contribution is 2.17. The van der Waals surface area contributed by atoms with Crippen LogP contribution in [0, 0.1) is 6.92 Å². The van der Waals surface area contributed by atoms with E-state index in [2.05, 4.69) is 6.92 Å². The molecule has 0 N–H and O–H groups in total. The number of rotatable bonds is 2. The van der Waals surface area contributed by atoms with E-state index in [-0.39, 0.29) is 6.10 Å². The number of hydrogen-bond acceptors (Lipinski definition) is 1. The van der Waals surface area contributed by atoms with Gasteiger partial charge in [-0.3, -0.25) is 0 Å². The van der Waals surface area contributed by atoms with Crippen LogP contribution < -0.4 is 4.74 Å².